The molecule has 0 spiro atoms. The molecule has 7 heteroatoms. The highest BCUT2D eigenvalue weighted by Gasteiger charge is 2.38. The first-order chi connectivity index (χ1) is 8.71. The van der Waals surface area contributed by atoms with Crippen molar-refractivity contribution < 1.29 is 14.7 Å². The normalized spacial score (nSPS) is 11.2. The Morgan fingerprint density at radius 3 is 2.42 bits per heavy atom. The Balaban J connectivity index is 3.23. The molecule has 0 saturated carbocycles. The van der Waals surface area contributed by atoms with Crippen LogP contribution in [0, 0.1) is 0 Å². The highest BCUT2D eigenvalue weighted by Crippen LogP contribution is 2.23. The van der Waals surface area contributed by atoms with E-state index in [9.17, 15) is 14.7 Å². The zero-order chi connectivity index (χ0) is 14.8. The number of likely N-dealkylation sites (N-methyl/N-ethyl adjacent to an activating group) is 1. The lowest BCUT2D eigenvalue weighted by Crippen LogP contribution is -2.53. The Kier molecular flexibility index (Phi) is 4.76. The average molecular weight is 305 g/mol. The fraction of sp³-hybridized carbons (Fsp3) is 0.417. The van der Waals surface area contributed by atoms with Crippen molar-refractivity contribution in [3.63, 3.8) is 0 Å². The van der Waals surface area contributed by atoms with Crippen LogP contribution in [0.4, 0.5) is 0 Å². The Hall–Kier alpha value is -1.33. The van der Waals surface area contributed by atoms with Crippen LogP contribution in [0.15, 0.2) is 12.1 Å². The maximum atomic E-state index is 12.4. The van der Waals surface area contributed by atoms with Crippen LogP contribution in [0.2, 0.25) is 10.2 Å². The van der Waals surface area contributed by atoms with Gasteiger partial charge in [0, 0.05) is 6.54 Å². The topological polar surface area (TPSA) is 70.5 Å². The number of carboxylic acid groups (broad SMARTS) is 1. The summed E-state index contributed by atoms with van der Waals surface area (Å²) in [5.41, 5.74) is -1.41. The van der Waals surface area contributed by atoms with Crippen LogP contribution in [0.25, 0.3) is 0 Å². The second-order valence-electron chi connectivity index (χ2n) is 4.38. The molecule has 0 unspecified atom stereocenters. The van der Waals surface area contributed by atoms with Gasteiger partial charge in [-0.15, -0.1) is 0 Å². The molecule has 1 aromatic rings. The number of carboxylic acids is 1. The third-order valence-corrected chi connectivity index (χ3v) is 3.29. The van der Waals surface area contributed by atoms with E-state index in [-0.39, 0.29) is 22.4 Å². The van der Waals surface area contributed by atoms with E-state index in [1.807, 2.05) is 0 Å². The highest BCUT2D eigenvalue weighted by molar-refractivity contribution is 6.34. The Morgan fingerprint density at radius 2 is 1.95 bits per heavy atom. The number of nitrogens with zero attached hydrogens (tertiary/aromatic N) is 2. The number of carbonyl (C=O) groups excluding carboxylic acids is 1. The van der Waals surface area contributed by atoms with Crippen molar-refractivity contribution in [2.75, 3.05) is 6.54 Å². The average Bonchev–Trinajstić information content (AvgIpc) is 2.32. The van der Waals surface area contributed by atoms with Crippen LogP contribution in [-0.2, 0) is 4.79 Å². The van der Waals surface area contributed by atoms with Gasteiger partial charge in [0.15, 0.2) is 0 Å². The number of aliphatic carboxylic acids is 1. The fourth-order valence-electron chi connectivity index (χ4n) is 1.60. The number of halogens is 2. The first kappa shape index (κ1) is 15.7. The maximum absolute atomic E-state index is 12.4. The van der Waals surface area contributed by atoms with Crippen LogP contribution < -0.4 is 0 Å². The van der Waals surface area contributed by atoms with Gasteiger partial charge < -0.3 is 10.0 Å². The Morgan fingerprint density at radius 1 is 1.37 bits per heavy atom. The minimum Gasteiger partial charge on any atom is -0.480 e. The molecule has 0 fully saturated rings. The molecule has 0 aliphatic carbocycles. The molecule has 5 nitrogen and oxygen atoms in total. The first-order valence-corrected chi connectivity index (χ1v) is 6.34. The molecule has 1 heterocycles. The summed E-state index contributed by atoms with van der Waals surface area (Å²) in [4.78, 5) is 28.6. The molecule has 0 aliphatic rings. The molecule has 0 aliphatic heterocycles. The van der Waals surface area contributed by atoms with E-state index in [0.29, 0.717) is 0 Å². The van der Waals surface area contributed by atoms with Gasteiger partial charge in [-0.25, -0.2) is 9.78 Å². The van der Waals surface area contributed by atoms with Crippen LogP contribution in [0.5, 0.6) is 0 Å². The molecule has 0 saturated heterocycles. The lowest BCUT2D eigenvalue weighted by Gasteiger charge is -2.34. The summed E-state index contributed by atoms with van der Waals surface area (Å²) >= 11 is 11.6. The molecule has 0 radical (unpaired) electrons. The monoisotopic (exact) mass is 304 g/mol. The van der Waals surface area contributed by atoms with Gasteiger partial charge in [0.2, 0.25) is 0 Å². The molecule has 1 rings (SSSR count). The molecule has 1 amide bonds. The van der Waals surface area contributed by atoms with Gasteiger partial charge in [0.1, 0.15) is 16.4 Å². The van der Waals surface area contributed by atoms with Crippen molar-refractivity contribution in [2.24, 2.45) is 0 Å². The number of pyridine rings is 1. The lowest BCUT2D eigenvalue weighted by molar-refractivity contribution is -0.147. The second kappa shape index (κ2) is 5.75. The smallest absolute Gasteiger partial charge is 0.329 e. The molecule has 104 valence electrons. The van der Waals surface area contributed by atoms with Crippen molar-refractivity contribution in [3.8, 4) is 0 Å². The Bertz CT molecular complexity index is 518. The van der Waals surface area contributed by atoms with Crippen molar-refractivity contribution in [1.82, 2.24) is 9.88 Å². The van der Waals surface area contributed by atoms with Gasteiger partial charge in [-0.3, -0.25) is 4.79 Å². The van der Waals surface area contributed by atoms with Gasteiger partial charge in [-0.1, -0.05) is 23.2 Å². The summed E-state index contributed by atoms with van der Waals surface area (Å²) < 4.78 is 0. The van der Waals surface area contributed by atoms with Crippen molar-refractivity contribution in [1.29, 1.82) is 0 Å². The van der Waals surface area contributed by atoms with Crippen LogP contribution in [0.1, 0.15) is 31.3 Å². The predicted molar refractivity (Wildman–Crippen MR) is 72.7 cm³/mol. The number of rotatable bonds is 4. The van der Waals surface area contributed by atoms with E-state index in [4.69, 9.17) is 23.2 Å². The standard InChI is InChI=1S/C12H14Cl2N2O3/c1-4-16(12(2,3)11(18)19)10(17)9-7(13)5-6-8(14)15-9/h5-6H,4H2,1-3H3,(H,18,19). The second-order valence-corrected chi connectivity index (χ2v) is 5.17. The highest BCUT2D eigenvalue weighted by atomic mass is 35.5. The van der Waals surface area contributed by atoms with Crippen molar-refractivity contribution in [3.05, 3.63) is 28.0 Å². The summed E-state index contributed by atoms with van der Waals surface area (Å²) in [7, 11) is 0. The quantitative estimate of drug-likeness (QED) is 0.868. The first-order valence-electron chi connectivity index (χ1n) is 5.59. The number of aromatic nitrogens is 1. The van der Waals surface area contributed by atoms with E-state index < -0.39 is 17.4 Å². The Labute approximate surface area is 121 Å². The number of hydrogen-bond donors (Lipinski definition) is 1. The zero-order valence-corrected chi connectivity index (χ0v) is 12.3. The summed E-state index contributed by atoms with van der Waals surface area (Å²) in [5, 5.41) is 9.44. The third-order valence-electron chi connectivity index (χ3n) is 2.77. The molecule has 0 bridgehead atoms. The summed E-state index contributed by atoms with van der Waals surface area (Å²) in [6.45, 7) is 4.77. The molecule has 1 aromatic heterocycles. The SMILES string of the molecule is CCN(C(=O)c1nc(Cl)ccc1Cl)C(C)(C)C(=O)O. The van der Waals surface area contributed by atoms with Gasteiger partial charge in [-0.2, -0.15) is 0 Å². The maximum Gasteiger partial charge on any atom is 0.329 e. The molecular formula is C12H14Cl2N2O3. The van der Waals surface area contributed by atoms with E-state index >= 15 is 0 Å². The molecule has 0 aromatic carbocycles. The fourth-order valence-corrected chi connectivity index (χ4v) is 1.94. The van der Waals surface area contributed by atoms with E-state index in [1.54, 1.807) is 6.92 Å². The van der Waals surface area contributed by atoms with Gasteiger partial charge in [0.05, 0.1) is 5.02 Å². The zero-order valence-electron chi connectivity index (χ0n) is 10.8. The van der Waals surface area contributed by atoms with Crippen LogP contribution >= 0.6 is 23.2 Å². The number of hydrogen-bond acceptors (Lipinski definition) is 3. The number of amides is 1. The van der Waals surface area contributed by atoms with E-state index in [2.05, 4.69) is 4.98 Å². The molecular weight excluding hydrogens is 291 g/mol. The minimum atomic E-state index is -1.36. The molecule has 1 N–H and O–H groups in total. The van der Waals surface area contributed by atoms with Crippen molar-refractivity contribution in [2.45, 2.75) is 26.3 Å². The predicted octanol–water partition coefficient (Wildman–Crippen LogP) is 2.71. The number of carbonyl (C=O) groups is 2. The van der Waals surface area contributed by atoms with Gasteiger partial charge in [-0.05, 0) is 32.9 Å². The summed E-state index contributed by atoms with van der Waals surface area (Å²) in [6, 6.07) is 2.91. The van der Waals surface area contributed by atoms with Gasteiger partial charge >= 0.3 is 5.97 Å². The largest absolute Gasteiger partial charge is 0.480 e. The van der Waals surface area contributed by atoms with Crippen LogP contribution in [0.3, 0.4) is 0 Å². The summed E-state index contributed by atoms with van der Waals surface area (Å²) in [5.74, 6) is -1.68. The lowest BCUT2D eigenvalue weighted by atomic mass is 10.0. The van der Waals surface area contributed by atoms with Crippen LogP contribution in [-0.4, -0.2) is 39.0 Å². The summed E-state index contributed by atoms with van der Waals surface area (Å²) in [6.07, 6.45) is 0. The third kappa shape index (κ3) is 3.16. The van der Waals surface area contributed by atoms with E-state index in [1.165, 1.54) is 30.9 Å². The van der Waals surface area contributed by atoms with E-state index in [0.717, 1.165) is 0 Å². The van der Waals surface area contributed by atoms with Crippen molar-refractivity contribution >= 4 is 35.1 Å². The molecule has 0 atom stereocenters. The minimum absolute atomic E-state index is 0.0506. The van der Waals surface area contributed by atoms with Gasteiger partial charge in [0.25, 0.3) is 5.91 Å². The molecule has 19 heavy (non-hydrogen) atoms.